The number of halogens is 1. The van der Waals surface area contributed by atoms with Crippen LogP contribution in [0.1, 0.15) is 10.5 Å². The number of nitrogens with zero attached hydrogens (tertiary/aromatic N) is 2. The second-order valence-corrected chi connectivity index (χ2v) is 4.41. The van der Waals surface area contributed by atoms with E-state index in [1.807, 2.05) is 0 Å². The Hall–Kier alpha value is -2.67. The Labute approximate surface area is 117 Å². The molecule has 0 radical (unpaired) electrons. The van der Waals surface area contributed by atoms with Crippen LogP contribution >= 0.6 is 11.6 Å². The van der Waals surface area contributed by atoms with E-state index in [0.717, 1.165) is 0 Å². The van der Waals surface area contributed by atoms with Crippen molar-refractivity contribution in [2.75, 3.05) is 5.32 Å². The number of anilines is 1. The Morgan fingerprint density at radius 3 is 2.80 bits per heavy atom. The molecule has 0 atom stereocenters. The fraction of sp³-hybridized carbons (Fsp3) is 0. The number of hydrogen-bond donors (Lipinski definition) is 3. The van der Waals surface area contributed by atoms with Gasteiger partial charge in [-0.3, -0.25) is 9.78 Å². The molecule has 0 saturated heterocycles. The third kappa shape index (κ3) is 2.39. The van der Waals surface area contributed by atoms with Crippen LogP contribution in [0, 0.1) is 0 Å². The molecule has 0 spiro atoms. The lowest BCUT2D eigenvalue weighted by Crippen LogP contribution is -2.14. The van der Waals surface area contributed by atoms with Gasteiger partial charge in [0.05, 0.1) is 23.4 Å². The Morgan fingerprint density at radius 1 is 1.20 bits per heavy atom. The lowest BCUT2D eigenvalue weighted by Gasteiger charge is -2.04. The molecule has 0 bridgehead atoms. The van der Waals surface area contributed by atoms with E-state index in [4.69, 9.17) is 11.6 Å². The first-order valence-corrected chi connectivity index (χ1v) is 6.00. The Kier molecular flexibility index (Phi) is 2.96. The van der Waals surface area contributed by atoms with Crippen LogP contribution in [0.15, 0.2) is 35.4 Å². The maximum atomic E-state index is 12.0. The molecule has 2 aromatic heterocycles. The minimum atomic E-state index is -0.433. The fourth-order valence-corrected chi connectivity index (χ4v) is 1.90. The molecule has 2 heterocycles. The third-order valence-electron chi connectivity index (χ3n) is 2.61. The largest absolute Gasteiger partial charge is 0.323 e. The molecule has 0 unspecified atom stereocenters. The first-order chi connectivity index (χ1) is 9.61. The average molecular weight is 290 g/mol. The third-order valence-corrected chi connectivity index (χ3v) is 2.79. The van der Waals surface area contributed by atoms with Crippen LogP contribution in [-0.4, -0.2) is 25.8 Å². The summed E-state index contributed by atoms with van der Waals surface area (Å²) in [6.45, 7) is 0. The van der Waals surface area contributed by atoms with Crippen LogP contribution in [0.2, 0.25) is 5.15 Å². The number of nitrogens with one attached hydrogen (secondary N) is 3. The lowest BCUT2D eigenvalue weighted by molar-refractivity contribution is 0.102. The van der Waals surface area contributed by atoms with Crippen molar-refractivity contribution in [3.05, 3.63) is 51.9 Å². The summed E-state index contributed by atoms with van der Waals surface area (Å²) in [5.74, 6) is -0.433. The molecule has 100 valence electrons. The summed E-state index contributed by atoms with van der Waals surface area (Å²) in [6.07, 6.45) is 2.66. The van der Waals surface area contributed by atoms with E-state index in [1.165, 1.54) is 12.4 Å². The van der Waals surface area contributed by atoms with Crippen molar-refractivity contribution in [2.24, 2.45) is 0 Å². The number of fused-ring (bicyclic) bond motifs is 1. The van der Waals surface area contributed by atoms with Gasteiger partial charge in [-0.2, -0.15) is 0 Å². The molecule has 0 aliphatic heterocycles. The number of aromatic amines is 2. The van der Waals surface area contributed by atoms with Gasteiger partial charge in [0.25, 0.3) is 5.91 Å². The molecule has 8 heteroatoms. The standard InChI is InChI=1S/C12H8ClN5O2/c13-10-5-14-4-9(16-10)11(19)15-6-1-2-7-8(3-6)18-12(20)17-7/h1-5H,(H,15,19)(H2,17,18,20). The molecule has 0 saturated carbocycles. The van der Waals surface area contributed by atoms with Crippen molar-refractivity contribution in [1.82, 2.24) is 19.9 Å². The number of rotatable bonds is 2. The normalized spacial score (nSPS) is 10.7. The number of carbonyl (C=O) groups excluding carboxylic acids is 1. The topological polar surface area (TPSA) is 104 Å². The number of hydrogen-bond acceptors (Lipinski definition) is 4. The highest BCUT2D eigenvalue weighted by Gasteiger charge is 2.09. The van der Waals surface area contributed by atoms with Crippen molar-refractivity contribution in [3.63, 3.8) is 0 Å². The first-order valence-electron chi connectivity index (χ1n) is 5.63. The zero-order valence-electron chi connectivity index (χ0n) is 9.98. The molecule has 20 heavy (non-hydrogen) atoms. The Balaban J connectivity index is 1.88. The predicted octanol–water partition coefficient (Wildman–Crippen LogP) is 1.55. The van der Waals surface area contributed by atoms with Crippen LogP contribution in [0.3, 0.4) is 0 Å². The molecule has 0 fully saturated rings. The minimum absolute atomic E-state index is 0.111. The van der Waals surface area contributed by atoms with Gasteiger partial charge in [-0.15, -0.1) is 0 Å². The summed E-state index contributed by atoms with van der Waals surface area (Å²) in [5, 5.41) is 2.79. The maximum Gasteiger partial charge on any atom is 0.323 e. The van der Waals surface area contributed by atoms with Crippen molar-refractivity contribution in [1.29, 1.82) is 0 Å². The van der Waals surface area contributed by atoms with E-state index in [1.54, 1.807) is 18.2 Å². The predicted molar refractivity (Wildman–Crippen MR) is 73.9 cm³/mol. The van der Waals surface area contributed by atoms with E-state index in [-0.39, 0.29) is 16.5 Å². The van der Waals surface area contributed by atoms with E-state index in [0.29, 0.717) is 16.7 Å². The van der Waals surface area contributed by atoms with E-state index < -0.39 is 5.91 Å². The minimum Gasteiger partial charge on any atom is -0.321 e. The summed E-state index contributed by atoms with van der Waals surface area (Å²) in [4.78, 5) is 36.0. The molecule has 3 rings (SSSR count). The maximum absolute atomic E-state index is 12.0. The summed E-state index contributed by atoms with van der Waals surface area (Å²) in [5.41, 5.74) is 1.60. The number of carbonyl (C=O) groups is 1. The molecule has 1 aromatic carbocycles. The van der Waals surface area contributed by atoms with Gasteiger partial charge >= 0.3 is 5.69 Å². The number of H-pyrrole nitrogens is 2. The van der Waals surface area contributed by atoms with Crippen LogP contribution in [0.4, 0.5) is 5.69 Å². The number of benzene rings is 1. The zero-order chi connectivity index (χ0) is 14.1. The van der Waals surface area contributed by atoms with E-state index >= 15 is 0 Å². The van der Waals surface area contributed by atoms with Crippen LogP contribution in [0.25, 0.3) is 11.0 Å². The molecule has 1 amide bonds. The first kappa shape index (κ1) is 12.4. The van der Waals surface area contributed by atoms with Gasteiger partial charge in [0, 0.05) is 5.69 Å². The van der Waals surface area contributed by atoms with Gasteiger partial charge in [-0.05, 0) is 18.2 Å². The van der Waals surface area contributed by atoms with Crippen molar-refractivity contribution in [3.8, 4) is 0 Å². The highest BCUT2D eigenvalue weighted by atomic mass is 35.5. The SMILES string of the molecule is O=C(Nc1ccc2[nH]c(=O)[nH]c2c1)c1cncc(Cl)n1. The average Bonchev–Trinajstić information content (AvgIpc) is 2.78. The van der Waals surface area contributed by atoms with Crippen LogP contribution < -0.4 is 11.0 Å². The van der Waals surface area contributed by atoms with Gasteiger partial charge < -0.3 is 15.3 Å². The van der Waals surface area contributed by atoms with Crippen molar-refractivity contribution in [2.45, 2.75) is 0 Å². The van der Waals surface area contributed by atoms with Crippen LogP contribution in [0.5, 0.6) is 0 Å². The second-order valence-electron chi connectivity index (χ2n) is 4.02. The van der Waals surface area contributed by atoms with E-state index in [9.17, 15) is 9.59 Å². The van der Waals surface area contributed by atoms with Gasteiger partial charge in [-0.1, -0.05) is 11.6 Å². The Bertz CT molecular complexity index is 854. The monoisotopic (exact) mass is 289 g/mol. The quantitative estimate of drug-likeness (QED) is 0.666. The van der Waals surface area contributed by atoms with Crippen LogP contribution in [-0.2, 0) is 0 Å². The zero-order valence-corrected chi connectivity index (χ0v) is 10.7. The summed E-state index contributed by atoms with van der Waals surface area (Å²) >= 11 is 5.68. The molecular weight excluding hydrogens is 282 g/mol. The molecule has 0 aliphatic carbocycles. The van der Waals surface area contributed by atoms with Gasteiger partial charge in [0.15, 0.2) is 0 Å². The number of aromatic nitrogens is 4. The molecule has 3 aromatic rings. The number of amides is 1. The highest BCUT2D eigenvalue weighted by Crippen LogP contribution is 2.15. The van der Waals surface area contributed by atoms with Gasteiger partial charge in [0.2, 0.25) is 0 Å². The molecule has 0 aliphatic rings. The molecule has 3 N–H and O–H groups in total. The van der Waals surface area contributed by atoms with Gasteiger partial charge in [0.1, 0.15) is 10.8 Å². The van der Waals surface area contributed by atoms with Gasteiger partial charge in [-0.25, -0.2) is 9.78 Å². The van der Waals surface area contributed by atoms with Crippen molar-refractivity contribution < 1.29 is 4.79 Å². The smallest absolute Gasteiger partial charge is 0.321 e. The summed E-state index contributed by atoms with van der Waals surface area (Å²) < 4.78 is 0. The lowest BCUT2D eigenvalue weighted by atomic mass is 10.2. The fourth-order valence-electron chi connectivity index (χ4n) is 1.76. The summed E-state index contributed by atoms with van der Waals surface area (Å²) in [6, 6.07) is 5.00. The Morgan fingerprint density at radius 2 is 2.00 bits per heavy atom. The highest BCUT2D eigenvalue weighted by molar-refractivity contribution is 6.29. The molecular formula is C12H8ClN5O2. The molecule has 7 nitrogen and oxygen atoms in total. The summed E-state index contributed by atoms with van der Waals surface area (Å²) in [7, 11) is 0. The number of imidazole rings is 1. The van der Waals surface area contributed by atoms with E-state index in [2.05, 4.69) is 25.3 Å². The second kappa shape index (κ2) is 4.78. The van der Waals surface area contributed by atoms with Crippen molar-refractivity contribution >= 4 is 34.2 Å².